The number of benzene rings is 1. The summed E-state index contributed by atoms with van der Waals surface area (Å²) in [6.07, 6.45) is 0. The average Bonchev–Trinajstić information content (AvgIpc) is 2.92. The highest BCUT2D eigenvalue weighted by atomic mass is 79.9. The first-order valence-electron chi connectivity index (χ1n) is 5.86. The lowest BCUT2D eigenvalue weighted by Gasteiger charge is -2.12. The molecule has 0 aliphatic heterocycles. The van der Waals surface area contributed by atoms with Crippen LogP contribution in [0.4, 0.5) is 0 Å². The zero-order valence-electron chi connectivity index (χ0n) is 10.4. The Morgan fingerprint density at radius 1 is 1.37 bits per heavy atom. The van der Waals surface area contributed by atoms with Gasteiger partial charge in [0.05, 0.1) is 6.04 Å². The van der Waals surface area contributed by atoms with Crippen LogP contribution in [0.1, 0.15) is 17.8 Å². The smallest absolute Gasteiger partial charge is 0.258 e. The van der Waals surface area contributed by atoms with Crippen molar-refractivity contribution in [2.75, 3.05) is 6.61 Å². The normalized spacial score (nSPS) is 11.9. The van der Waals surface area contributed by atoms with Crippen molar-refractivity contribution < 1.29 is 9.53 Å². The minimum Gasteiger partial charge on any atom is -0.484 e. The molecule has 0 saturated heterocycles. The van der Waals surface area contributed by atoms with E-state index in [2.05, 4.69) is 21.2 Å². The van der Waals surface area contributed by atoms with Gasteiger partial charge < -0.3 is 10.1 Å². The Morgan fingerprint density at radius 3 is 2.74 bits per heavy atom. The second-order valence-corrected chi connectivity index (χ2v) is 5.94. The van der Waals surface area contributed by atoms with Crippen LogP contribution < -0.4 is 10.1 Å². The summed E-state index contributed by atoms with van der Waals surface area (Å²) >= 11 is 4.97. The van der Waals surface area contributed by atoms with Crippen LogP contribution in [0.3, 0.4) is 0 Å². The van der Waals surface area contributed by atoms with Crippen molar-refractivity contribution in [3.63, 3.8) is 0 Å². The predicted molar refractivity (Wildman–Crippen MR) is 80.5 cm³/mol. The maximum atomic E-state index is 11.7. The van der Waals surface area contributed by atoms with E-state index < -0.39 is 0 Å². The second kappa shape index (κ2) is 6.73. The van der Waals surface area contributed by atoms with E-state index in [0.717, 1.165) is 9.35 Å². The number of thiophene rings is 1. The minimum absolute atomic E-state index is 0.0148. The summed E-state index contributed by atoms with van der Waals surface area (Å²) in [6, 6.07) is 11.4. The standard InChI is InChI=1S/C14H14BrNO2S/c1-10(13-3-2-8-19-13)16-14(17)9-18-12-6-4-11(15)5-7-12/h2-8,10H,9H2,1H3,(H,16,17)/t10-/m1/s1. The van der Waals surface area contributed by atoms with Crippen LogP contribution in [0.2, 0.25) is 0 Å². The highest BCUT2D eigenvalue weighted by Gasteiger charge is 2.10. The van der Waals surface area contributed by atoms with Gasteiger partial charge in [0, 0.05) is 9.35 Å². The zero-order valence-corrected chi connectivity index (χ0v) is 12.8. The Labute approximate surface area is 124 Å². The molecule has 1 heterocycles. The molecule has 1 atom stereocenters. The number of carbonyl (C=O) groups is 1. The topological polar surface area (TPSA) is 38.3 Å². The van der Waals surface area contributed by atoms with Gasteiger partial charge in [-0.3, -0.25) is 4.79 Å². The third-order valence-corrected chi connectivity index (χ3v) is 4.11. The minimum atomic E-state index is -0.121. The highest BCUT2D eigenvalue weighted by Crippen LogP contribution is 2.18. The quantitative estimate of drug-likeness (QED) is 0.900. The maximum absolute atomic E-state index is 11.7. The fraction of sp³-hybridized carbons (Fsp3) is 0.214. The van der Waals surface area contributed by atoms with Gasteiger partial charge in [0.2, 0.25) is 0 Å². The Hall–Kier alpha value is -1.33. The SMILES string of the molecule is C[C@@H](NC(=O)COc1ccc(Br)cc1)c1cccs1. The molecule has 1 aromatic carbocycles. The molecule has 1 N–H and O–H groups in total. The van der Waals surface area contributed by atoms with Crippen molar-refractivity contribution in [3.8, 4) is 5.75 Å². The van der Waals surface area contributed by atoms with E-state index in [1.807, 2.05) is 48.7 Å². The summed E-state index contributed by atoms with van der Waals surface area (Å²) in [4.78, 5) is 12.9. The zero-order chi connectivity index (χ0) is 13.7. The molecule has 2 aromatic rings. The summed E-state index contributed by atoms with van der Waals surface area (Å²) in [6.45, 7) is 1.99. The van der Waals surface area contributed by atoms with Crippen molar-refractivity contribution in [2.45, 2.75) is 13.0 Å². The van der Waals surface area contributed by atoms with Crippen LogP contribution in [0.5, 0.6) is 5.75 Å². The number of hydrogen-bond donors (Lipinski definition) is 1. The van der Waals surface area contributed by atoms with Gasteiger partial charge in [-0.1, -0.05) is 22.0 Å². The van der Waals surface area contributed by atoms with Crippen molar-refractivity contribution >= 4 is 33.2 Å². The molecular formula is C14H14BrNO2S. The highest BCUT2D eigenvalue weighted by molar-refractivity contribution is 9.10. The number of carbonyl (C=O) groups excluding carboxylic acids is 1. The van der Waals surface area contributed by atoms with Gasteiger partial charge in [0.15, 0.2) is 6.61 Å². The number of hydrogen-bond acceptors (Lipinski definition) is 3. The molecule has 0 unspecified atom stereocenters. The molecule has 0 aliphatic rings. The third kappa shape index (κ3) is 4.36. The first kappa shape index (κ1) is 14.1. The molecule has 0 aliphatic carbocycles. The Kier molecular flexibility index (Phi) is 4.99. The van der Waals surface area contributed by atoms with E-state index in [-0.39, 0.29) is 18.6 Å². The van der Waals surface area contributed by atoms with Crippen LogP contribution in [0.25, 0.3) is 0 Å². The Bertz CT molecular complexity index is 525. The molecule has 2 rings (SSSR count). The largest absolute Gasteiger partial charge is 0.484 e. The van der Waals surface area contributed by atoms with Gasteiger partial charge in [-0.2, -0.15) is 0 Å². The van der Waals surface area contributed by atoms with Crippen molar-refractivity contribution in [3.05, 3.63) is 51.1 Å². The van der Waals surface area contributed by atoms with Gasteiger partial charge in [0.25, 0.3) is 5.91 Å². The number of amides is 1. The Morgan fingerprint density at radius 2 is 2.11 bits per heavy atom. The lowest BCUT2D eigenvalue weighted by Crippen LogP contribution is -2.30. The van der Waals surface area contributed by atoms with Crippen LogP contribution in [0, 0.1) is 0 Å². The fourth-order valence-electron chi connectivity index (χ4n) is 1.57. The monoisotopic (exact) mass is 339 g/mol. The third-order valence-electron chi connectivity index (χ3n) is 2.53. The van der Waals surface area contributed by atoms with E-state index in [0.29, 0.717) is 5.75 Å². The molecule has 100 valence electrons. The van der Waals surface area contributed by atoms with Crippen molar-refractivity contribution in [1.82, 2.24) is 5.32 Å². The molecule has 1 aromatic heterocycles. The number of halogens is 1. The number of rotatable bonds is 5. The molecule has 1 amide bonds. The summed E-state index contributed by atoms with van der Waals surface area (Å²) in [5.74, 6) is 0.561. The number of nitrogens with one attached hydrogen (secondary N) is 1. The van der Waals surface area contributed by atoms with Crippen LogP contribution >= 0.6 is 27.3 Å². The summed E-state index contributed by atoms with van der Waals surface area (Å²) in [5.41, 5.74) is 0. The Balaban J connectivity index is 1.80. The molecule has 19 heavy (non-hydrogen) atoms. The van der Waals surface area contributed by atoms with E-state index >= 15 is 0 Å². The molecule has 0 fully saturated rings. The van der Waals surface area contributed by atoms with Crippen molar-refractivity contribution in [2.24, 2.45) is 0 Å². The lowest BCUT2D eigenvalue weighted by atomic mass is 10.3. The summed E-state index contributed by atoms with van der Waals surface area (Å²) in [5, 5.41) is 4.90. The fourth-order valence-corrected chi connectivity index (χ4v) is 2.57. The molecule has 5 heteroatoms. The molecule has 0 spiro atoms. The first-order chi connectivity index (χ1) is 9.15. The second-order valence-electron chi connectivity index (χ2n) is 4.05. The molecule has 0 bridgehead atoms. The molecule has 0 saturated carbocycles. The van der Waals surface area contributed by atoms with Gasteiger partial charge in [-0.25, -0.2) is 0 Å². The van der Waals surface area contributed by atoms with E-state index in [1.54, 1.807) is 11.3 Å². The van der Waals surface area contributed by atoms with Gasteiger partial charge >= 0.3 is 0 Å². The van der Waals surface area contributed by atoms with E-state index in [9.17, 15) is 4.79 Å². The number of ether oxygens (including phenoxy) is 1. The van der Waals surface area contributed by atoms with Crippen molar-refractivity contribution in [1.29, 1.82) is 0 Å². The van der Waals surface area contributed by atoms with E-state index in [4.69, 9.17) is 4.74 Å². The lowest BCUT2D eigenvalue weighted by molar-refractivity contribution is -0.123. The van der Waals surface area contributed by atoms with Gasteiger partial charge in [0.1, 0.15) is 5.75 Å². The molecular weight excluding hydrogens is 326 g/mol. The summed E-state index contributed by atoms with van der Waals surface area (Å²) in [7, 11) is 0. The molecule has 3 nitrogen and oxygen atoms in total. The van der Waals surface area contributed by atoms with Crippen LogP contribution in [0.15, 0.2) is 46.3 Å². The van der Waals surface area contributed by atoms with Crippen LogP contribution in [-0.4, -0.2) is 12.5 Å². The van der Waals surface area contributed by atoms with Gasteiger partial charge in [-0.15, -0.1) is 11.3 Å². The summed E-state index contributed by atoms with van der Waals surface area (Å²) < 4.78 is 6.39. The predicted octanol–water partition coefficient (Wildman–Crippen LogP) is 3.77. The van der Waals surface area contributed by atoms with E-state index in [1.165, 1.54) is 0 Å². The maximum Gasteiger partial charge on any atom is 0.258 e. The average molecular weight is 340 g/mol. The molecule has 0 radical (unpaired) electrons. The first-order valence-corrected chi connectivity index (χ1v) is 7.53. The van der Waals surface area contributed by atoms with Gasteiger partial charge in [-0.05, 0) is 42.6 Å². The van der Waals surface area contributed by atoms with Crippen LogP contribution in [-0.2, 0) is 4.79 Å².